The van der Waals surface area contributed by atoms with Gasteiger partial charge in [-0.3, -0.25) is 4.79 Å². The Morgan fingerprint density at radius 3 is 2.48 bits per heavy atom. The molecule has 0 spiro atoms. The van der Waals surface area contributed by atoms with Crippen LogP contribution < -0.4 is 15.8 Å². The zero-order valence-electron chi connectivity index (χ0n) is 12.4. The highest BCUT2D eigenvalue weighted by Gasteiger charge is 2.28. The van der Waals surface area contributed by atoms with Crippen molar-refractivity contribution in [3.05, 3.63) is 23.3 Å². The standard InChI is InChI=1S/C14H21N3O3S/c1-8-6-12(7-13(15)9(8)2)21(19,20)17-10(3)14(18)16-11-4-5-11/h6-7,10-11,17H,4-5,15H2,1-3H3,(H,16,18). The molecule has 6 nitrogen and oxygen atoms in total. The Morgan fingerprint density at radius 1 is 1.33 bits per heavy atom. The maximum absolute atomic E-state index is 12.3. The average molecular weight is 311 g/mol. The molecule has 1 aromatic rings. The number of carbonyl (C=O) groups is 1. The Morgan fingerprint density at radius 2 is 1.95 bits per heavy atom. The molecule has 116 valence electrons. The Hall–Kier alpha value is -1.60. The summed E-state index contributed by atoms with van der Waals surface area (Å²) < 4.78 is 27.0. The van der Waals surface area contributed by atoms with E-state index < -0.39 is 16.1 Å². The van der Waals surface area contributed by atoms with E-state index in [4.69, 9.17) is 5.73 Å². The number of hydrogen-bond acceptors (Lipinski definition) is 4. The summed E-state index contributed by atoms with van der Waals surface area (Å²) in [4.78, 5) is 11.9. The lowest BCUT2D eigenvalue weighted by Gasteiger charge is -2.15. The Kier molecular flexibility index (Phi) is 4.25. The molecule has 1 fully saturated rings. The van der Waals surface area contributed by atoms with E-state index in [0.717, 1.165) is 24.0 Å². The van der Waals surface area contributed by atoms with Crippen LogP contribution in [0.3, 0.4) is 0 Å². The first-order valence-electron chi connectivity index (χ1n) is 6.90. The predicted molar refractivity (Wildman–Crippen MR) is 81.3 cm³/mol. The highest BCUT2D eigenvalue weighted by Crippen LogP contribution is 2.22. The van der Waals surface area contributed by atoms with Crippen LogP contribution in [0.15, 0.2) is 17.0 Å². The van der Waals surface area contributed by atoms with Crippen molar-refractivity contribution in [2.75, 3.05) is 5.73 Å². The smallest absolute Gasteiger partial charge is 0.241 e. The summed E-state index contributed by atoms with van der Waals surface area (Å²) in [5.41, 5.74) is 7.88. The van der Waals surface area contributed by atoms with Gasteiger partial charge in [-0.05, 0) is 56.9 Å². The van der Waals surface area contributed by atoms with Crippen molar-refractivity contribution in [1.29, 1.82) is 0 Å². The van der Waals surface area contributed by atoms with Crippen LogP contribution in [0.2, 0.25) is 0 Å². The number of rotatable bonds is 5. The minimum Gasteiger partial charge on any atom is -0.398 e. The van der Waals surface area contributed by atoms with Crippen LogP contribution in [0.4, 0.5) is 5.69 Å². The maximum atomic E-state index is 12.3. The third kappa shape index (κ3) is 3.74. The summed E-state index contributed by atoms with van der Waals surface area (Å²) in [6.07, 6.45) is 1.91. The van der Waals surface area contributed by atoms with E-state index in [1.54, 1.807) is 13.0 Å². The number of hydrogen-bond donors (Lipinski definition) is 3. The van der Waals surface area contributed by atoms with Crippen molar-refractivity contribution in [2.24, 2.45) is 0 Å². The van der Waals surface area contributed by atoms with Gasteiger partial charge in [0.25, 0.3) is 0 Å². The van der Waals surface area contributed by atoms with Gasteiger partial charge in [-0.15, -0.1) is 0 Å². The molecule has 1 amide bonds. The number of nitrogens with two attached hydrogens (primary N) is 1. The lowest BCUT2D eigenvalue weighted by atomic mass is 10.1. The molecule has 7 heteroatoms. The van der Waals surface area contributed by atoms with Crippen molar-refractivity contribution in [2.45, 2.75) is 50.6 Å². The summed E-state index contributed by atoms with van der Waals surface area (Å²) in [7, 11) is -3.77. The number of nitrogens with one attached hydrogen (secondary N) is 2. The van der Waals surface area contributed by atoms with E-state index in [-0.39, 0.29) is 16.8 Å². The van der Waals surface area contributed by atoms with Gasteiger partial charge in [0, 0.05) is 11.7 Å². The van der Waals surface area contributed by atoms with Crippen LogP contribution in [0.1, 0.15) is 30.9 Å². The maximum Gasteiger partial charge on any atom is 0.241 e. The van der Waals surface area contributed by atoms with E-state index in [1.807, 2.05) is 6.92 Å². The molecule has 1 saturated carbocycles. The van der Waals surface area contributed by atoms with E-state index >= 15 is 0 Å². The molecule has 0 heterocycles. The van der Waals surface area contributed by atoms with Gasteiger partial charge in [0.05, 0.1) is 10.9 Å². The minimum atomic E-state index is -3.77. The molecule has 4 N–H and O–H groups in total. The monoisotopic (exact) mass is 311 g/mol. The van der Waals surface area contributed by atoms with Gasteiger partial charge in [-0.25, -0.2) is 8.42 Å². The van der Waals surface area contributed by atoms with Gasteiger partial charge in [0.15, 0.2) is 0 Å². The molecule has 0 aliphatic heterocycles. The molecule has 2 rings (SSSR count). The van der Waals surface area contributed by atoms with Crippen molar-refractivity contribution in [3.63, 3.8) is 0 Å². The first-order chi connectivity index (χ1) is 9.70. The second kappa shape index (κ2) is 5.65. The van der Waals surface area contributed by atoms with Crippen LogP contribution in [-0.4, -0.2) is 26.4 Å². The minimum absolute atomic E-state index is 0.0779. The van der Waals surface area contributed by atoms with Crippen LogP contribution in [-0.2, 0) is 14.8 Å². The van der Waals surface area contributed by atoms with Crippen molar-refractivity contribution in [3.8, 4) is 0 Å². The second-order valence-corrected chi connectivity index (χ2v) is 7.29. The predicted octanol–water partition coefficient (Wildman–Crippen LogP) is 0.831. The molecular formula is C14H21N3O3S. The highest BCUT2D eigenvalue weighted by molar-refractivity contribution is 7.89. The van der Waals surface area contributed by atoms with Gasteiger partial charge in [-0.1, -0.05) is 0 Å². The molecule has 0 saturated heterocycles. The first-order valence-corrected chi connectivity index (χ1v) is 8.38. The fourth-order valence-electron chi connectivity index (χ4n) is 1.92. The molecule has 0 bridgehead atoms. The number of nitrogen functional groups attached to an aromatic ring is 1. The van der Waals surface area contributed by atoms with Gasteiger partial charge in [-0.2, -0.15) is 4.72 Å². The Balaban J connectivity index is 2.15. The van der Waals surface area contributed by atoms with Gasteiger partial charge >= 0.3 is 0 Å². The quantitative estimate of drug-likeness (QED) is 0.701. The van der Waals surface area contributed by atoms with Crippen LogP contribution in [0, 0.1) is 13.8 Å². The molecule has 1 atom stereocenters. The van der Waals surface area contributed by atoms with E-state index in [9.17, 15) is 13.2 Å². The van der Waals surface area contributed by atoms with E-state index in [0.29, 0.717) is 5.69 Å². The highest BCUT2D eigenvalue weighted by atomic mass is 32.2. The zero-order valence-corrected chi connectivity index (χ0v) is 13.3. The summed E-state index contributed by atoms with van der Waals surface area (Å²) in [5.74, 6) is -0.308. The van der Waals surface area contributed by atoms with Crippen molar-refractivity contribution >= 4 is 21.6 Å². The van der Waals surface area contributed by atoms with Crippen molar-refractivity contribution < 1.29 is 13.2 Å². The van der Waals surface area contributed by atoms with Gasteiger partial charge in [0.1, 0.15) is 0 Å². The lowest BCUT2D eigenvalue weighted by molar-refractivity contribution is -0.122. The van der Waals surface area contributed by atoms with Crippen LogP contribution in [0.25, 0.3) is 0 Å². The largest absolute Gasteiger partial charge is 0.398 e. The fraction of sp³-hybridized carbons (Fsp3) is 0.500. The molecule has 1 aliphatic carbocycles. The SMILES string of the molecule is Cc1cc(S(=O)(=O)NC(C)C(=O)NC2CC2)cc(N)c1C. The Labute approximate surface area is 125 Å². The number of anilines is 1. The van der Waals surface area contributed by atoms with E-state index in [1.165, 1.54) is 13.0 Å². The summed E-state index contributed by atoms with van der Waals surface area (Å²) in [5, 5.41) is 2.77. The molecular weight excluding hydrogens is 290 g/mol. The van der Waals surface area contributed by atoms with Gasteiger partial charge in [0.2, 0.25) is 15.9 Å². The van der Waals surface area contributed by atoms with Crippen LogP contribution in [0.5, 0.6) is 0 Å². The topological polar surface area (TPSA) is 101 Å². The number of amides is 1. The number of carbonyl (C=O) groups excluding carboxylic acids is 1. The van der Waals surface area contributed by atoms with Crippen LogP contribution >= 0.6 is 0 Å². The molecule has 0 aromatic heterocycles. The number of sulfonamides is 1. The normalized spacial score (nSPS) is 16.5. The van der Waals surface area contributed by atoms with E-state index in [2.05, 4.69) is 10.0 Å². The van der Waals surface area contributed by atoms with Crippen molar-refractivity contribution in [1.82, 2.24) is 10.0 Å². The Bertz CT molecular complexity index is 643. The third-order valence-electron chi connectivity index (χ3n) is 3.64. The molecule has 1 aliphatic rings. The molecule has 21 heavy (non-hydrogen) atoms. The summed E-state index contributed by atoms with van der Waals surface area (Å²) in [6, 6.07) is 2.34. The second-order valence-electron chi connectivity index (χ2n) is 5.58. The summed E-state index contributed by atoms with van der Waals surface area (Å²) >= 11 is 0. The average Bonchev–Trinajstić information content (AvgIpc) is 3.18. The first kappa shape index (κ1) is 15.8. The third-order valence-corrected chi connectivity index (χ3v) is 5.16. The molecule has 1 aromatic carbocycles. The zero-order chi connectivity index (χ0) is 15.8. The number of aryl methyl sites for hydroxylation is 1. The lowest BCUT2D eigenvalue weighted by Crippen LogP contribution is -2.45. The summed E-state index contributed by atoms with van der Waals surface area (Å²) in [6.45, 7) is 5.16. The van der Waals surface area contributed by atoms with Gasteiger partial charge < -0.3 is 11.1 Å². The molecule has 1 unspecified atom stereocenters. The molecule has 0 radical (unpaired) electrons. The number of benzene rings is 1. The fourth-order valence-corrected chi connectivity index (χ4v) is 3.24.